The third kappa shape index (κ3) is 3.11. The van der Waals surface area contributed by atoms with Crippen LogP contribution in [0.25, 0.3) is 0 Å². The summed E-state index contributed by atoms with van der Waals surface area (Å²) in [6.07, 6.45) is 0. The normalized spacial score (nSPS) is 12.8. The Morgan fingerprint density at radius 3 is 2.67 bits per heavy atom. The first-order valence-electron chi connectivity index (χ1n) is 6.65. The van der Waals surface area contributed by atoms with Crippen molar-refractivity contribution >= 4 is 17.5 Å². The van der Waals surface area contributed by atoms with Gasteiger partial charge in [-0.25, -0.2) is 0 Å². The van der Waals surface area contributed by atoms with Gasteiger partial charge in [-0.3, -0.25) is 4.79 Å². The lowest BCUT2D eigenvalue weighted by atomic mass is 10.1. The standard InChI is InChI=1S/C16H14ClNO3/c17-12-6-4-11(5-7-12)10-18-16(19)13-2-1-3-14-15(13)21-9-8-20-14/h1-7H,8-10H2,(H,18,19). The minimum Gasteiger partial charge on any atom is -0.486 e. The van der Waals surface area contributed by atoms with Crippen molar-refractivity contribution in [2.45, 2.75) is 6.54 Å². The highest BCUT2D eigenvalue weighted by Crippen LogP contribution is 2.33. The first-order chi connectivity index (χ1) is 10.2. The van der Waals surface area contributed by atoms with E-state index in [0.717, 1.165) is 5.56 Å². The Morgan fingerprint density at radius 2 is 1.86 bits per heavy atom. The summed E-state index contributed by atoms with van der Waals surface area (Å²) >= 11 is 5.83. The van der Waals surface area contributed by atoms with Crippen molar-refractivity contribution in [1.82, 2.24) is 5.32 Å². The number of ether oxygens (including phenoxy) is 2. The molecule has 4 nitrogen and oxygen atoms in total. The maximum atomic E-state index is 12.3. The summed E-state index contributed by atoms with van der Waals surface area (Å²) in [7, 11) is 0. The van der Waals surface area contributed by atoms with Crippen LogP contribution in [0.15, 0.2) is 42.5 Å². The van der Waals surface area contributed by atoms with Crippen LogP contribution in [0.3, 0.4) is 0 Å². The van der Waals surface area contributed by atoms with Crippen molar-refractivity contribution in [1.29, 1.82) is 0 Å². The number of nitrogens with one attached hydrogen (secondary N) is 1. The van der Waals surface area contributed by atoms with E-state index < -0.39 is 0 Å². The van der Waals surface area contributed by atoms with E-state index in [9.17, 15) is 4.79 Å². The molecule has 1 aliphatic heterocycles. The number of carbonyl (C=O) groups is 1. The van der Waals surface area contributed by atoms with Gasteiger partial charge in [-0.1, -0.05) is 29.8 Å². The minimum atomic E-state index is -0.188. The number of fused-ring (bicyclic) bond motifs is 1. The van der Waals surface area contributed by atoms with E-state index in [0.29, 0.717) is 41.8 Å². The Hall–Kier alpha value is -2.20. The van der Waals surface area contributed by atoms with Crippen molar-refractivity contribution < 1.29 is 14.3 Å². The highest BCUT2D eigenvalue weighted by atomic mass is 35.5. The van der Waals surface area contributed by atoms with Crippen LogP contribution in [0.5, 0.6) is 11.5 Å². The molecule has 1 aliphatic rings. The number of hydrogen-bond donors (Lipinski definition) is 1. The minimum absolute atomic E-state index is 0.188. The van der Waals surface area contributed by atoms with Crippen LogP contribution in [0.1, 0.15) is 15.9 Å². The maximum Gasteiger partial charge on any atom is 0.255 e. The van der Waals surface area contributed by atoms with Gasteiger partial charge in [0.1, 0.15) is 13.2 Å². The second-order valence-corrected chi connectivity index (χ2v) is 5.08. The van der Waals surface area contributed by atoms with Gasteiger partial charge in [0.2, 0.25) is 0 Å². The Labute approximate surface area is 127 Å². The molecule has 0 spiro atoms. The van der Waals surface area contributed by atoms with Crippen molar-refractivity contribution in [3.63, 3.8) is 0 Å². The van der Waals surface area contributed by atoms with E-state index >= 15 is 0 Å². The molecule has 108 valence electrons. The molecule has 1 N–H and O–H groups in total. The van der Waals surface area contributed by atoms with Gasteiger partial charge in [0.15, 0.2) is 11.5 Å². The molecule has 2 aromatic carbocycles. The predicted molar refractivity (Wildman–Crippen MR) is 80.1 cm³/mol. The Balaban J connectivity index is 1.72. The molecule has 2 aromatic rings. The lowest BCUT2D eigenvalue weighted by Crippen LogP contribution is -2.25. The van der Waals surface area contributed by atoms with Gasteiger partial charge < -0.3 is 14.8 Å². The van der Waals surface area contributed by atoms with Gasteiger partial charge in [-0.15, -0.1) is 0 Å². The Kier molecular flexibility index (Phi) is 3.97. The molecule has 5 heteroatoms. The summed E-state index contributed by atoms with van der Waals surface area (Å²) in [5.41, 5.74) is 1.47. The average Bonchev–Trinajstić information content (AvgIpc) is 2.53. The van der Waals surface area contributed by atoms with E-state index in [-0.39, 0.29) is 5.91 Å². The molecular weight excluding hydrogens is 290 g/mol. The first-order valence-corrected chi connectivity index (χ1v) is 7.03. The monoisotopic (exact) mass is 303 g/mol. The number of rotatable bonds is 3. The van der Waals surface area contributed by atoms with E-state index in [1.54, 1.807) is 30.3 Å². The molecule has 3 rings (SSSR count). The smallest absolute Gasteiger partial charge is 0.255 e. The summed E-state index contributed by atoms with van der Waals surface area (Å²) in [5.74, 6) is 0.935. The Bertz CT molecular complexity index is 655. The fourth-order valence-electron chi connectivity index (χ4n) is 2.13. The van der Waals surface area contributed by atoms with Crippen LogP contribution in [0, 0.1) is 0 Å². The van der Waals surface area contributed by atoms with Crippen molar-refractivity contribution in [3.05, 3.63) is 58.6 Å². The molecule has 0 saturated carbocycles. The van der Waals surface area contributed by atoms with Gasteiger partial charge in [-0.05, 0) is 29.8 Å². The zero-order chi connectivity index (χ0) is 14.7. The van der Waals surface area contributed by atoms with Crippen molar-refractivity contribution in [2.24, 2.45) is 0 Å². The van der Waals surface area contributed by atoms with E-state index in [4.69, 9.17) is 21.1 Å². The third-order valence-electron chi connectivity index (χ3n) is 3.18. The second-order valence-electron chi connectivity index (χ2n) is 4.64. The number of benzene rings is 2. The average molecular weight is 304 g/mol. The summed E-state index contributed by atoms with van der Waals surface area (Å²) in [6, 6.07) is 12.7. The molecule has 0 bridgehead atoms. The van der Waals surface area contributed by atoms with Crippen LogP contribution in [-0.2, 0) is 6.54 Å². The summed E-state index contributed by atoms with van der Waals surface area (Å²) in [5, 5.41) is 3.54. The molecule has 1 amide bonds. The zero-order valence-electron chi connectivity index (χ0n) is 11.3. The van der Waals surface area contributed by atoms with Gasteiger partial charge in [0.25, 0.3) is 5.91 Å². The van der Waals surface area contributed by atoms with Crippen LogP contribution in [0.2, 0.25) is 5.02 Å². The summed E-state index contributed by atoms with van der Waals surface area (Å²) in [4.78, 5) is 12.3. The maximum absolute atomic E-state index is 12.3. The molecule has 0 atom stereocenters. The molecule has 21 heavy (non-hydrogen) atoms. The van der Waals surface area contributed by atoms with Gasteiger partial charge in [-0.2, -0.15) is 0 Å². The van der Waals surface area contributed by atoms with Gasteiger partial charge in [0.05, 0.1) is 5.56 Å². The largest absolute Gasteiger partial charge is 0.486 e. The molecule has 0 aliphatic carbocycles. The number of amides is 1. The number of halogens is 1. The van der Waals surface area contributed by atoms with E-state index in [1.165, 1.54) is 0 Å². The van der Waals surface area contributed by atoms with E-state index in [2.05, 4.69) is 5.32 Å². The molecule has 0 aromatic heterocycles. The number of carbonyl (C=O) groups excluding carboxylic acids is 1. The Morgan fingerprint density at radius 1 is 1.10 bits per heavy atom. The van der Waals surface area contributed by atoms with Crippen LogP contribution >= 0.6 is 11.6 Å². The van der Waals surface area contributed by atoms with Crippen LogP contribution in [0.4, 0.5) is 0 Å². The van der Waals surface area contributed by atoms with Crippen LogP contribution < -0.4 is 14.8 Å². The molecule has 0 fully saturated rings. The lowest BCUT2D eigenvalue weighted by molar-refractivity contribution is 0.0940. The molecular formula is C16H14ClNO3. The molecule has 0 unspecified atom stereocenters. The third-order valence-corrected chi connectivity index (χ3v) is 3.43. The predicted octanol–water partition coefficient (Wildman–Crippen LogP) is 3.04. The molecule has 0 radical (unpaired) electrons. The van der Waals surface area contributed by atoms with Crippen molar-refractivity contribution in [3.8, 4) is 11.5 Å². The van der Waals surface area contributed by atoms with Crippen molar-refractivity contribution in [2.75, 3.05) is 13.2 Å². The quantitative estimate of drug-likeness (QED) is 0.948. The fourth-order valence-corrected chi connectivity index (χ4v) is 2.26. The zero-order valence-corrected chi connectivity index (χ0v) is 12.0. The van der Waals surface area contributed by atoms with Crippen LogP contribution in [-0.4, -0.2) is 19.1 Å². The first kappa shape index (κ1) is 13.8. The van der Waals surface area contributed by atoms with Gasteiger partial charge in [0, 0.05) is 11.6 Å². The highest BCUT2D eigenvalue weighted by molar-refractivity contribution is 6.30. The highest BCUT2D eigenvalue weighted by Gasteiger charge is 2.19. The fraction of sp³-hybridized carbons (Fsp3) is 0.188. The number of hydrogen-bond acceptors (Lipinski definition) is 3. The number of para-hydroxylation sites is 1. The SMILES string of the molecule is O=C(NCc1ccc(Cl)cc1)c1cccc2c1OCCO2. The van der Waals surface area contributed by atoms with E-state index in [1.807, 2.05) is 12.1 Å². The lowest BCUT2D eigenvalue weighted by Gasteiger charge is -2.20. The topological polar surface area (TPSA) is 47.6 Å². The molecule has 1 heterocycles. The summed E-state index contributed by atoms with van der Waals surface area (Å²) < 4.78 is 11.0. The summed E-state index contributed by atoms with van der Waals surface area (Å²) in [6.45, 7) is 1.39. The molecule has 0 saturated heterocycles. The second kappa shape index (κ2) is 6.06. The van der Waals surface area contributed by atoms with Gasteiger partial charge >= 0.3 is 0 Å².